The number of hydrogen-bond acceptors (Lipinski definition) is 4. The van der Waals surface area contributed by atoms with Gasteiger partial charge in [-0.25, -0.2) is 9.59 Å². The molecule has 1 fully saturated rings. The van der Waals surface area contributed by atoms with Gasteiger partial charge in [0.2, 0.25) is 5.91 Å². The zero-order valence-corrected chi connectivity index (χ0v) is 13.4. The molecule has 2 rings (SSSR count). The van der Waals surface area contributed by atoms with Crippen molar-refractivity contribution in [1.82, 2.24) is 15.5 Å². The second-order valence-corrected chi connectivity index (χ2v) is 5.87. The van der Waals surface area contributed by atoms with Crippen molar-refractivity contribution >= 4 is 23.8 Å². The first-order chi connectivity index (χ1) is 11.3. The van der Waals surface area contributed by atoms with Crippen molar-refractivity contribution < 1.29 is 24.3 Å². The van der Waals surface area contributed by atoms with Crippen molar-refractivity contribution in [1.29, 1.82) is 0 Å². The molecule has 1 saturated heterocycles. The Morgan fingerprint density at radius 2 is 2.04 bits per heavy atom. The number of carbonyl (C=O) groups is 4. The van der Waals surface area contributed by atoms with Crippen LogP contribution in [0.2, 0.25) is 0 Å². The Bertz CT molecular complexity index is 670. The summed E-state index contributed by atoms with van der Waals surface area (Å²) < 4.78 is 0. The average Bonchev–Trinajstić information content (AvgIpc) is 2.84. The van der Waals surface area contributed by atoms with Crippen LogP contribution in [0, 0.1) is 5.92 Å². The molecule has 1 aromatic rings. The number of hydrogen-bond donors (Lipinski definition) is 3. The van der Waals surface area contributed by atoms with Gasteiger partial charge in [0, 0.05) is 5.56 Å². The van der Waals surface area contributed by atoms with Crippen LogP contribution < -0.4 is 10.6 Å². The van der Waals surface area contributed by atoms with Crippen LogP contribution in [0.1, 0.15) is 29.8 Å². The Labute approximate surface area is 138 Å². The fourth-order valence-electron chi connectivity index (χ4n) is 2.35. The number of urea groups is 1. The fourth-order valence-corrected chi connectivity index (χ4v) is 2.35. The average molecular weight is 333 g/mol. The largest absolute Gasteiger partial charge is 0.480 e. The van der Waals surface area contributed by atoms with Gasteiger partial charge in [-0.3, -0.25) is 14.5 Å². The third-order valence-electron chi connectivity index (χ3n) is 3.69. The van der Waals surface area contributed by atoms with E-state index in [2.05, 4.69) is 10.6 Å². The molecule has 1 aliphatic heterocycles. The van der Waals surface area contributed by atoms with Crippen LogP contribution in [-0.4, -0.2) is 46.4 Å². The summed E-state index contributed by atoms with van der Waals surface area (Å²) in [5.41, 5.74) is 0.871. The van der Waals surface area contributed by atoms with E-state index in [0.29, 0.717) is 5.56 Å². The van der Waals surface area contributed by atoms with Gasteiger partial charge >= 0.3 is 12.0 Å². The lowest BCUT2D eigenvalue weighted by Gasteiger charge is -2.18. The topological polar surface area (TPSA) is 116 Å². The molecule has 1 atom stereocenters. The van der Waals surface area contributed by atoms with Crippen molar-refractivity contribution in [2.45, 2.75) is 26.4 Å². The SMILES string of the molecule is CC(C)[C@H](NC(=O)c1cccc(CN2C(=O)CNC2=O)c1)C(=O)O. The van der Waals surface area contributed by atoms with Gasteiger partial charge in [0.05, 0.1) is 13.1 Å². The molecule has 0 unspecified atom stereocenters. The molecule has 1 aliphatic rings. The van der Waals surface area contributed by atoms with Gasteiger partial charge in [-0.05, 0) is 23.6 Å². The number of aliphatic carboxylic acids is 1. The maximum Gasteiger partial charge on any atom is 0.326 e. The van der Waals surface area contributed by atoms with Crippen LogP contribution in [0.4, 0.5) is 4.79 Å². The summed E-state index contributed by atoms with van der Waals surface area (Å²) in [6, 6.07) is 4.92. The fraction of sp³-hybridized carbons (Fsp3) is 0.375. The summed E-state index contributed by atoms with van der Waals surface area (Å²) >= 11 is 0. The maximum absolute atomic E-state index is 12.2. The Morgan fingerprint density at radius 3 is 2.58 bits per heavy atom. The highest BCUT2D eigenvalue weighted by atomic mass is 16.4. The second-order valence-electron chi connectivity index (χ2n) is 5.87. The van der Waals surface area contributed by atoms with Gasteiger partial charge in [0.15, 0.2) is 0 Å². The van der Waals surface area contributed by atoms with Crippen LogP contribution in [0.5, 0.6) is 0 Å². The minimum absolute atomic E-state index is 0.0340. The number of carboxylic acid groups (broad SMARTS) is 1. The molecule has 1 heterocycles. The van der Waals surface area contributed by atoms with Gasteiger partial charge in [-0.15, -0.1) is 0 Å². The van der Waals surface area contributed by atoms with E-state index in [1.807, 2.05) is 0 Å². The van der Waals surface area contributed by atoms with Crippen molar-refractivity contribution in [2.75, 3.05) is 6.54 Å². The molecule has 128 valence electrons. The summed E-state index contributed by atoms with van der Waals surface area (Å²) in [4.78, 5) is 47.6. The molecule has 24 heavy (non-hydrogen) atoms. The number of carbonyl (C=O) groups excluding carboxylic acids is 3. The molecule has 8 nitrogen and oxygen atoms in total. The van der Waals surface area contributed by atoms with Crippen LogP contribution in [0.15, 0.2) is 24.3 Å². The lowest BCUT2D eigenvalue weighted by molar-refractivity contribution is -0.140. The number of nitrogens with one attached hydrogen (secondary N) is 2. The molecule has 0 aromatic heterocycles. The van der Waals surface area contributed by atoms with Crippen molar-refractivity contribution in [3.8, 4) is 0 Å². The zero-order chi connectivity index (χ0) is 17.9. The summed E-state index contributed by atoms with van der Waals surface area (Å²) in [6.07, 6.45) is 0. The first kappa shape index (κ1) is 17.5. The molecule has 4 amide bonds. The minimum Gasteiger partial charge on any atom is -0.480 e. The minimum atomic E-state index is -1.10. The van der Waals surface area contributed by atoms with Crippen LogP contribution in [0.3, 0.4) is 0 Å². The van der Waals surface area contributed by atoms with Gasteiger partial charge < -0.3 is 15.7 Å². The first-order valence-corrected chi connectivity index (χ1v) is 7.50. The molecule has 3 N–H and O–H groups in total. The Morgan fingerprint density at radius 1 is 1.33 bits per heavy atom. The van der Waals surface area contributed by atoms with E-state index in [-0.39, 0.29) is 30.5 Å². The van der Waals surface area contributed by atoms with E-state index in [4.69, 9.17) is 5.11 Å². The molecule has 1 aromatic carbocycles. The number of nitrogens with zero attached hydrogens (tertiary/aromatic N) is 1. The monoisotopic (exact) mass is 333 g/mol. The van der Waals surface area contributed by atoms with Gasteiger partial charge in [-0.2, -0.15) is 0 Å². The molecule has 0 radical (unpaired) electrons. The number of imide groups is 1. The molecule has 0 aliphatic carbocycles. The summed E-state index contributed by atoms with van der Waals surface area (Å²) in [5, 5.41) is 14.0. The normalized spacial score (nSPS) is 15.4. The molecule has 8 heteroatoms. The Kier molecular flexibility index (Phi) is 5.18. The quantitative estimate of drug-likeness (QED) is 0.659. The van der Waals surface area contributed by atoms with E-state index in [0.717, 1.165) is 4.90 Å². The highest BCUT2D eigenvalue weighted by Gasteiger charge is 2.28. The maximum atomic E-state index is 12.2. The van der Waals surface area contributed by atoms with Gasteiger partial charge in [-0.1, -0.05) is 26.0 Å². The summed E-state index contributed by atoms with van der Waals surface area (Å²) in [6.45, 7) is 3.42. The highest BCUT2D eigenvalue weighted by molar-refractivity contribution is 6.02. The molecule has 0 bridgehead atoms. The molecule has 0 spiro atoms. The number of benzene rings is 1. The molecular formula is C16H19N3O5. The van der Waals surface area contributed by atoms with Crippen LogP contribution in [0.25, 0.3) is 0 Å². The number of rotatable bonds is 6. The van der Waals surface area contributed by atoms with E-state index < -0.39 is 23.9 Å². The Hall–Kier alpha value is -2.90. The van der Waals surface area contributed by atoms with Gasteiger partial charge in [0.25, 0.3) is 5.91 Å². The van der Waals surface area contributed by atoms with Crippen molar-refractivity contribution in [3.05, 3.63) is 35.4 Å². The standard InChI is InChI=1S/C16H19N3O5/c1-9(2)13(15(22)23)18-14(21)11-5-3-4-10(6-11)8-19-12(20)7-17-16(19)24/h3-6,9,13H,7-8H2,1-2H3,(H,17,24)(H,18,21)(H,22,23)/t13-/m0/s1. The van der Waals surface area contributed by atoms with E-state index in [9.17, 15) is 19.2 Å². The third kappa shape index (κ3) is 3.89. The molecule has 0 saturated carbocycles. The summed E-state index contributed by atoms with van der Waals surface area (Å²) in [5.74, 6) is -2.22. The van der Waals surface area contributed by atoms with Crippen LogP contribution >= 0.6 is 0 Å². The molecular weight excluding hydrogens is 314 g/mol. The van der Waals surface area contributed by atoms with Crippen molar-refractivity contribution in [3.63, 3.8) is 0 Å². The van der Waals surface area contributed by atoms with Gasteiger partial charge in [0.1, 0.15) is 6.04 Å². The summed E-state index contributed by atoms with van der Waals surface area (Å²) in [7, 11) is 0. The second kappa shape index (κ2) is 7.12. The predicted octanol–water partition coefficient (Wildman–Crippen LogP) is 0.577. The predicted molar refractivity (Wildman–Crippen MR) is 84.1 cm³/mol. The van der Waals surface area contributed by atoms with E-state index >= 15 is 0 Å². The van der Waals surface area contributed by atoms with Crippen LogP contribution in [-0.2, 0) is 16.1 Å². The first-order valence-electron chi connectivity index (χ1n) is 7.50. The van der Waals surface area contributed by atoms with Crippen molar-refractivity contribution in [2.24, 2.45) is 5.92 Å². The highest BCUT2D eigenvalue weighted by Crippen LogP contribution is 2.12. The van der Waals surface area contributed by atoms with E-state index in [1.54, 1.807) is 32.0 Å². The van der Waals surface area contributed by atoms with E-state index in [1.165, 1.54) is 6.07 Å². The third-order valence-corrected chi connectivity index (χ3v) is 3.69. The smallest absolute Gasteiger partial charge is 0.326 e. The lowest BCUT2D eigenvalue weighted by Crippen LogP contribution is -2.44. The number of carboxylic acids is 1. The Balaban J connectivity index is 2.12. The number of amides is 4. The lowest BCUT2D eigenvalue weighted by atomic mass is 10.0. The zero-order valence-electron chi connectivity index (χ0n) is 13.4.